The van der Waals surface area contributed by atoms with Gasteiger partial charge in [-0.2, -0.15) is 0 Å². The van der Waals surface area contributed by atoms with Crippen molar-refractivity contribution in [1.29, 1.82) is 0 Å². The Hall–Kier alpha value is -2.53. The van der Waals surface area contributed by atoms with Crippen LogP contribution in [0.15, 0.2) is 82.4 Å². The molecule has 0 fully saturated rings. The number of benzene rings is 1. The Kier molecular flexibility index (Phi) is 7.96. The van der Waals surface area contributed by atoms with E-state index in [2.05, 4.69) is 25.9 Å². The Morgan fingerprint density at radius 2 is 1.96 bits per heavy atom. The topological polar surface area (TPSA) is 51.3 Å². The first-order valence-electron chi connectivity index (χ1n) is 8.25. The van der Waals surface area contributed by atoms with Gasteiger partial charge in [-0.05, 0) is 41.1 Å². The number of nitrogens with zero attached hydrogens (tertiary/aromatic N) is 2. The summed E-state index contributed by atoms with van der Waals surface area (Å²) in [7, 11) is 0. The molecule has 2 rings (SSSR count). The number of nitrogens with two attached hydrogens (primary N) is 1. The van der Waals surface area contributed by atoms with Gasteiger partial charge in [0.05, 0.1) is 28.1 Å². The molecular formula is C21H21BrFN3. The number of allylic oxidation sites excluding steroid dienone is 5. The lowest BCUT2D eigenvalue weighted by atomic mass is 10.1. The van der Waals surface area contributed by atoms with Crippen LogP contribution in [0.25, 0.3) is 5.70 Å². The van der Waals surface area contributed by atoms with Crippen molar-refractivity contribution < 1.29 is 4.39 Å². The molecule has 0 aliphatic carbocycles. The molecule has 0 bridgehead atoms. The molecule has 0 spiro atoms. The number of pyridine rings is 1. The molecule has 0 saturated heterocycles. The van der Waals surface area contributed by atoms with Crippen LogP contribution in [0, 0.1) is 5.82 Å². The van der Waals surface area contributed by atoms with Crippen molar-refractivity contribution in [2.45, 2.75) is 19.9 Å². The maximum absolute atomic E-state index is 13.9. The fraction of sp³-hybridized carbons (Fsp3) is 0.143. The van der Waals surface area contributed by atoms with Gasteiger partial charge in [-0.1, -0.05) is 48.6 Å². The molecule has 26 heavy (non-hydrogen) atoms. The maximum Gasteiger partial charge on any atom is 0.128 e. The largest absolute Gasteiger partial charge is 0.396 e. The Balaban J connectivity index is 2.33. The molecule has 0 atom stereocenters. The molecule has 0 saturated carbocycles. The van der Waals surface area contributed by atoms with Crippen molar-refractivity contribution in [2.75, 3.05) is 0 Å². The Bertz CT molecular complexity index is 839. The summed E-state index contributed by atoms with van der Waals surface area (Å²) in [5, 5.41) is 0. The standard InChI is InChI=1S/C21H21BrFN3/c1-2-3-4-5-12-18(26-15-16-10-6-7-11-17(16)23)20(22)21(24)19-13-8-9-14-25-19/h2-11,13-14H,12,15,24H2,1H3/b3-2-,5-4-,21-20?,26-18?. The van der Waals surface area contributed by atoms with E-state index in [1.165, 1.54) is 6.07 Å². The van der Waals surface area contributed by atoms with Crippen molar-refractivity contribution in [3.05, 3.63) is 94.5 Å². The number of hydrogen-bond acceptors (Lipinski definition) is 3. The lowest BCUT2D eigenvalue weighted by molar-refractivity contribution is 0.611. The monoisotopic (exact) mass is 413 g/mol. The third-order valence-corrected chi connectivity index (χ3v) is 4.46. The lowest BCUT2D eigenvalue weighted by Crippen LogP contribution is -2.08. The average molecular weight is 414 g/mol. The first kappa shape index (κ1) is 19.8. The predicted octanol–water partition coefficient (Wildman–Crippen LogP) is 5.41. The third-order valence-electron chi connectivity index (χ3n) is 3.58. The van der Waals surface area contributed by atoms with Crippen molar-refractivity contribution in [3.8, 4) is 0 Å². The van der Waals surface area contributed by atoms with Gasteiger partial charge in [0.25, 0.3) is 0 Å². The highest BCUT2D eigenvalue weighted by Crippen LogP contribution is 2.21. The van der Waals surface area contributed by atoms with Crippen LogP contribution in [0.2, 0.25) is 0 Å². The zero-order chi connectivity index (χ0) is 18.8. The summed E-state index contributed by atoms with van der Waals surface area (Å²) in [5.74, 6) is -0.266. The van der Waals surface area contributed by atoms with Crippen LogP contribution in [-0.2, 0) is 6.54 Å². The summed E-state index contributed by atoms with van der Waals surface area (Å²) >= 11 is 3.55. The molecule has 1 heterocycles. The molecule has 134 valence electrons. The summed E-state index contributed by atoms with van der Waals surface area (Å²) in [6, 6.07) is 12.2. The van der Waals surface area contributed by atoms with Crippen LogP contribution in [0.3, 0.4) is 0 Å². The van der Waals surface area contributed by atoms with E-state index >= 15 is 0 Å². The summed E-state index contributed by atoms with van der Waals surface area (Å²) in [5.41, 5.74) is 8.68. The summed E-state index contributed by atoms with van der Waals surface area (Å²) in [6.07, 6.45) is 10.1. The maximum atomic E-state index is 13.9. The molecule has 0 unspecified atom stereocenters. The van der Waals surface area contributed by atoms with Gasteiger partial charge in [0.1, 0.15) is 5.82 Å². The predicted molar refractivity (Wildman–Crippen MR) is 110 cm³/mol. The van der Waals surface area contributed by atoms with Crippen LogP contribution in [0.1, 0.15) is 24.6 Å². The van der Waals surface area contributed by atoms with E-state index in [0.717, 1.165) is 5.71 Å². The molecule has 5 heteroatoms. The third kappa shape index (κ3) is 5.77. The van der Waals surface area contributed by atoms with Gasteiger partial charge in [0.15, 0.2) is 0 Å². The minimum atomic E-state index is -0.266. The molecule has 3 nitrogen and oxygen atoms in total. The molecule has 0 amide bonds. The minimum Gasteiger partial charge on any atom is -0.396 e. The molecule has 0 aliphatic heterocycles. The minimum absolute atomic E-state index is 0.240. The van der Waals surface area contributed by atoms with Crippen LogP contribution < -0.4 is 5.73 Å². The second kappa shape index (κ2) is 10.5. The normalized spacial score (nSPS) is 13.4. The highest BCUT2D eigenvalue weighted by Gasteiger charge is 2.11. The van der Waals surface area contributed by atoms with Crippen molar-refractivity contribution >= 4 is 27.3 Å². The number of hydrogen-bond donors (Lipinski definition) is 1. The molecule has 0 aliphatic rings. The second-order valence-corrected chi connectivity index (χ2v) is 6.25. The fourth-order valence-corrected chi connectivity index (χ4v) is 2.68. The van der Waals surface area contributed by atoms with Crippen LogP contribution in [-0.4, -0.2) is 10.7 Å². The molecular weight excluding hydrogens is 393 g/mol. The van der Waals surface area contributed by atoms with Crippen LogP contribution in [0.4, 0.5) is 4.39 Å². The Morgan fingerprint density at radius 1 is 1.19 bits per heavy atom. The van der Waals surface area contributed by atoms with Crippen molar-refractivity contribution in [1.82, 2.24) is 4.98 Å². The quantitative estimate of drug-likeness (QED) is 0.487. The lowest BCUT2D eigenvalue weighted by Gasteiger charge is -2.09. The van der Waals surface area contributed by atoms with E-state index < -0.39 is 0 Å². The smallest absolute Gasteiger partial charge is 0.128 e. The van der Waals surface area contributed by atoms with E-state index in [9.17, 15) is 4.39 Å². The summed E-state index contributed by atoms with van der Waals surface area (Å²) < 4.78 is 14.5. The fourth-order valence-electron chi connectivity index (χ4n) is 2.19. The number of aliphatic imine (C=N–C) groups is 1. The zero-order valence-electron chi connectivity index (χ0n) is 14.6. The molecule has 2 N–H and O–H groups in total. The molecule has 1 aromatic heterocycles. The van der Waals surface area contributed by atoms with E-state index in [4.69, 9.17) is 5.73 Å². The van der Waals surface area contributed by atoms with Crippen molar-refractivity contribution in [2.24, 2.45) is 10.7 Å². The SMILES string of the molecule is C/C=C\C=C/CC(=NCc1ccccc1F)C(Br)=C(N)c1ccccn1. The molecule has 2 aromatic rings. The van der Waals surface area contributed by atoms with Gasteiger partial charge >= 0.3 is 0 Å². The summed E-state index contributed by atoms with van der Waals surface area (Å²) in [4.78, 5) is 8.85. The van der Waals surface area contributed by atoms with Gasteiger partial charge in [-0.15, -0.1) is 0 Å². The average Bonchev–Trinajstić information content (AvgIpc) is 2.68. The first-order chi connectivity index (χ1) is 12.6. The van der Waals surface area contributed by atoms with Gasteiger partial charge in [0, 0.05) is 18.2 Å². The number of halogens is 2. The van der Waals surface area contributed by atoms with Crippen LogP contribution in [0.5, 0.6) is 0 Å². The first-order valence-corrected chi connectivity index (χ1v) is 9.04. The Morgan fingerprint density at radius 3 is 2.65 bits per heavy atom. The number of aromatic nitrogens is 1. The van der Waals surface area contributed by atoms with Gasteiger partial charge in [0.2, 0.25) is 0 Å². The van der Waals surface area contributed by atoms with Gasteiger partial charge in [-0.3, -0.25) is 9.98 Å². The summed E-state index contributed by atoms with van der Waals surface area (Å²) in [6.45, 7) is 2.19. The Labute approximate surface area is 162 Å². The van der Waals surface area contributed by atoms with E-state index in [1.807, 2.05) is 49.4 Å². The molecule has 1 aromatic carbocycles. The zero-order valence-corrected chi connectivity index (χ0v) is 16.2. The second-order valence-electron chi connectivity index (χ2n) is 5.46. The van der Waals surface area contributed by atoms with Crippen molar-refractivity contribution in [3.63, 3.8) is 0 Å². The van der Waals surface area contributed by atoms with Gasteiger partial charge < -0.3 is 5.73 Å². The van der Waals surface area contributed by atoms with E-state index in [-0.39, 0.29) is 12.4 Å². The van der Waals surface area contributed by atoms with Crippen LogP contribution >= 0.6 is 15.9 Å². The van der Waals surface area contributed by atoms with Gasteiger partial charge in [-0.25, -0.2) is 4.39 Å². The van der Waals surface area contributed by atoms with E-state index in [0.29, 0.717) is 27.9 Å². The van der Waals surface area contributed by atoms with E-state index in [1.54, 1.807) is 24.4 Å². The number of rotatable bonds is 7. The highest BCUT2D eigenvalue weighted by molar-refractivity contribution is 9.12. The highest BCUT2D eigenvalue weighted by atomic mass is 79.9. The molecule has 0 radical (unpaired) electrons.